The van der Waals surface area contributed by atoms with E-state index in [9.17, 15) is 9.18 Å². The quantitative estimate of drug-likeness (QED) is 0.743. The molecular formula is C22H22FN5O. The van der Waals surface area contributed by atoms with Gasteiger partial charge in [-0.1, -0.05) is 30.3 Å². The Balaban J connectivity index is 1.28. The number of fused-ring (bicyclic) bond motifs is 2. The van der Waals surface area contributed by atoms with Gasteiger partial charge in [-0.3, -0.25) is 9.69 Å². The van der Waals surface area contributed by atoms with E-state index in [0.29, 0.717) is 17.7 Å². The van der Waals surface area contributed by atoms with Gasteiger partial charge in [-0.15, -0.1) is 10.2 Å². The molecule has 0 unspecified atom stereocenters. The Morgan fingerprint density at radius 3 is 2.69 bits per heavy atom. The number of carbonyl (C=O) groups excluding carboxylic acids is 1. The van der Waals surface area contributed by atoms with Gasteiger partial charge in [0.05, 0.1) is 0 Å². The van der Waals surface area contributed by atoms with Crippen molar-refractivity contribution in [3.05, 3.63) is 77.6 Å². The lowest BCUT2D eigenvalue weighted by atomic mass is 9.89. The number of amides is 1. The number of rotatable bonds is 4. The number of hydrogen-bond donors (Lipinski definition) is 1. The number of para-hydroxylation sites is 1. The summed E-state index contributed by atoms with van der Waals surface area (Å²) in [6.45, 7) is 3.37. The summed E-state index contributed by atoms with van der Waals surface area (Å²) in [6, 6.07) is 16.2. The SMILES string of the molecule is O=C(Nc1ccccc1)c1nnc2n1C[C@@H]1CN(Cc3cccc(F)c3)C[C@H]1C2. The van der Waals surface area contributed by atoms with Crippen molar-refractivity contribution in [3.8, 4) is 0 Å². The van der Waals surface area contributed by atoms with Crippen LogP contribution in [0, 0.1) is 17.7 Å². The molecule has 29 heavy (non-hydrogen) atoms. The number of aromatic nitrogens is 3. The summed E-state index contributed by atoms with van der Waals surface area (Å²) in [7, 11) is 0. The Morgan fingerprint density at radius 1 is 1.03 bits per heavy atom. The minimum Gasteiger partial charge on any atom is -0.319 e. The Kier molecular flexibility index (Phi) is 4.60. The highest BCUT2D eigenvalue weighted by molar-refractivity contribution is 6.01. The molecule has 2 aliphatic heterocycles. The van der Waals surface area contributed by atoms with Crippen molar-refractivity contribution in [1.29, 1.82) is 0 Å². The van der Waals surface area contributed by atoms with E-state index in [2.05, 4.69) is 20.4 Å². The summed E-state index contributed by atoms with van der Waals surface area (Å²) < 4.78 is 15.4. The minimum atomic E-state index is -0.233. The van der Waals surface area contributed by atoms with Crippen LogP contribution in [0.5, 0.6) is 0 Å². The molecule has 7 heteroatoms. The fourth-order valence-corrected chi connectivity index (χ4v) is 4.52. The summed E-state index contributed by atoms with van der Waals surface area (Å²) in [5.41, 5.74) is 1.73. The number of halogens is 1. The van der Waals surface area contributed by atoms with Crippen LogP contribution in [0.15, 0.2) is 54.6 Å². The Bertz CT molecular complexity index is 1030. The van der Waals surface area contributed by atoms with Gasteiger partial charge in [0.1, 0.15) is 11.6 Å². The Hall–Kier alpha value is -3.06. The lowest BCUT2D eigenvalue weighted by Gasteiger charge is -2.25. The zero-order valence-corrected chi connectivity index (χ0v) is 16.0. The molecule has 5 rings (SSSR count). The van der Waals surface area contributed by atoms with Gasteiger partial charge in [-0.2, -0.15) is 0 Å². The maximum Gasteiger partial charge on any atom is 0.293 e. The average Bonchev–Trinajstić information content (AvgIpc) is 3.29. The molecule has 1 aromatic heterocycles. The average molecular weight is 391 g/mol. The van der Waals surface area contributed by atoms with E-state index in [1.807, 2.05) is 41.0 Å². The minimum absolute atomic E-state index is 0.195. The molecule has 1 amide bonds. The highest BCUT2D eigenvalue weighted by Crippen LogP contribution is 2.33. The molecule has 1 saturated heterocycles. The first kappa shape index (κ1) is 18.0. The molecule has 0 saturated carbocycles. The summed E-state index contributed by atoms with van der Waals surface area (Å²) in [5.74, 6) is 1.74. The monoisotopic (exact) mass is 391 g/mol. The van der Waals surface area contributed by atoms with Crippen molar-refractivity contribution in [2.24, 2.45) is 11.8 Å². The van der Waals surface area contributed by atoms with Crippen LogP contribution in [0.3, 0.4) is 0 Å². The molecule has 0 radical (unpaired) electrons. The van der Waals surface area contributed by atoms with E-state index in [-0.39, 0.29) is 11.7 Å². The molecule has 2 aliphatic rings. The van der Waals surface area contributed by atoms with Crippen LogP contribution in [0.1, 0.15) is 22.0 Å². The van der Waals surface area contributed by atoms with Crippen LogP contribution in [0.4, 0.5) is 10.1 Å². The molecule has 3 aromatic rings. The largest absolute Gasteiger partial charge is 0.319 e. The fraction of sp³-hybridized carbons (Fsp3) is 0.318. The summed E-state index contributed by atoms with van der Waals surface area (Å²) in [4.78, 5) is 15.1. The van der Waals surface area contributed by atoms with Gasteiger partial charge < -0.3 is 9.88 Å². The first-order valence-electron chi connectivity index (χ1n) is 9.91. The zero-order valence-electron chi connectivity index (χ0n) is 16.0. The number of nitrogens with one attached hydrogen (secondary N) is 1. The topological polar surface area (TPSA) is 63.1 Å². The molecule has 0 aliphatic carbocycles. The standard InChI is InChI=1S/C22H22FN5O/c23-18-6-4-5-15(9-18)11-27-12-16-10-20-25-26-21(28(20)14-17(16)13-27)22(29)24-19-7-2-1-3-8-19/h1-9,16-17H,10-14H2,(H,24,29)/t16-,17+/m1/s1. The third-order valence-corrected chi connectivity index (χ3v) is 5.87. The molecule has 0 bridgehead atoms. The van der Waals surface area contributed by atoms with Crippen LogP contribution < -0.4 is 5.32 Å². The third-order valence-electron chi connectivity index (χ3n) is 5.87. The molecule has 0 spiro atoms. The molecule has 148 valence electrons. The van der Waals surface area contributed by atoms with E-state index < -0.39 is 0 Å². The predicted molar refractivity (Wildman–Crippen MR) is 107 cm³/mol. The predicted octanol–water partition coefficient (Wildman–Crippen LogP) is 2.97. The van der Waals surface area contributed by atoms with Crippen LogP contribution in [0.25, 0.3) is 0 Å². The van der Waals surface area contributed by atoms with Crippen molar-refractivity contribution in [3.63, 3.8) is 0 Å². The number of nitrogens with zero attached hydrogens (tertiary/aromatic N) is 4. The van der Waals surface area contributed by atoms with Gasteiger partial charge in [0.2, 0.25) is 5.82 Å². The van der Waals surface area contributed by atoms with E-state index in [0.717, 1.165) is 49.7 Å². The second kappa shape index (κ2) is 7.40. The maximum absolute atomic E-state index is 13.5. The molecule has 1 fully saturated rings. The zero-order chi connectivity index (χ0) is 19.8. The normalized spacial score (nSPS) is 20.9. The number of hydrogen-bond acceptors (Lipinski definition) is 4. The van der Waals surface area contributed by atoms with Gasteiger partial charge in [0, 0.05) is 38.3 Å². The van der Waals surface area contributed by atoms with E-state index in [4.69, 9.17) is 0 Å². The molecule has 6 nitrogen and oxygen atoms in total. The summed E-state index contributed by atoms with van der Waals surface area (Å²) in [6.07, 6.45) is 0.815. The van der Waals surface area contributed by atoms with Gasteiger partial charge in [0.25, 0.3) is 5.91 Å². The molecule has 3 heterocycles. The van der Waals surface area contributed by atoms with E-state index in [1.54, 1.807) is 12.1 Å². The van der Waals surface area contributed by atoms with Crippen molar-refractivity contribution >= 4 is 11.6 Å². The highest BCUT2D eigenvalue weighted by atomic mass is 19.1. The van der Waals surface area contributed by atoms with Crippen molar-refractivity contribution in [2.45, 2.75) is 19.5 Å². The van der Waals surface area contributed by atoms with Crippen LogP contribution in [0.2, 0.25) is 0 Å². The van der Waals surface area contributed by atoms with E-state index >= 15 is 0 Å². The second-order valence-corrected chi connectivity index (χ2v) is 7.92. The molecular weight excluding hydrogens is 369 g/mol. The maximum atomic E-state index is 13.5. The first-order valence-corrected chi connectivity index (χ1v) is 9.91. The van der Waals surface area contributed by atoms with Crippen molar-refractivity contribution in [2.75, 3.05) is 18.4 Å². The number of carbonyl (C=O) groups is 1. The number of anilines is 1. The van der Waals surface area contributed by atoms with Gasteiger partial charge >= 0.3 is 0 Å². The van der Waals surface area contributed by atoms with Gasteiger partial charge in [-0.05, 0) is 41.7 Å². The smallest absolute Gasteiger partial charge is 0.293 e. The molecule has 1 N–H and O–H groups in total. The van der Waals surface area contributed by atoms with Crippen molar-refractivity contribution in [1.82, 2.24) is 19.7 Å². The second-order valence-electron chi connectivity index (χ2n) is 7.92. The van der Waals surface area contributed by atoms with E-state index in [1.165, 1.54) is 6.07 Å². The lowest BCUT2D eigenvalue weighted by molar-refractivity contribution is 0.100. The van der Waals surface area contributed by atoms with Crippen molar-refractivity contribution < 1.29 is 9.18 Å². The highest BCUT2D eigenvalue weighted by Gasteiger charge is 2.39. The van der Waals surface area contributed by atoms with Crippen LogP contribution in [-0.4, -0.2) is 38.7 Å². The van der Waals surface area contributed by atoms with Crippen LogP contribution >= 0.6 is 0 Å². The fourth-order valence-electron chi connectivity index (χ4n) is 4.52. The first-order chi connectivity index (χ1) is 14.2. The van der Waals surface area contributed by atoms with Crippen LogP contribution in [-0.2, 0) is 19.5 Å². The Labute approximate surface area is 168 Å². The summed E-state index contributed by atoms with van der Waals surface area (Å²) in [5, 5.41) is 11.3. The van der Waals surface area contributed by atoms with Gasteiger partial charge in [-0.25, -0.2) is 4.39 Å². The van der Waals surface area contributed by atoms with Gasteiger partial charge in [0.15, 0.2) is 0 Å². The molecule has 2 aromatic carbocycles. The lowest BCUT2D eigenvalue weighted by Crippen LogP contribution is -2.31. The summed E-state index contributed by atoms with van der Waals surface area (Å²) >= 11 is 0. The third kappa shape index (κ3) is 3.65. The Morgan fingerprint density at radius 2 is 1.86 bits per heavy atom. The molecule has 2 atom stereocenters. The number of benzene rings is 2. The number of likely N-dealkylation sites (tertiary alicyclic amines) is 1.